The number of primary sulfonamides is 1. The second kappa shape index (κ2) is 9.72. The third-order valence-electron chi connectivity index (χ3n) is 4.92. The molecule has 2 unspecified atom stereocenters. The number of benzene rings is 2. The minimum absolute atomic E-state index is 0.00687. The number of sulfonamides is 1. The van der Waals surface area contributed by atoms with Crippen molar-refractivity contribution in [2.24, 2.45) is 11.1 Å². The summed E-state index contributed by atoms with van der Waals surface area (Å²) < 4.78 is 28.2. The van der Waals surface area contributed by atoms with Crippen LogP contribution < -0.4 is 15.4 Å². The predicted octanol–water partition coefficient (Wildman–Crippen LogP) is 1.98. The molecule has 2 aromatic carbocycles. The molecule has 1 fully saturated rings. The normalized spacial score (nSPS) is 17.2. The van der Waals surface area contributed by atoms with Gasteiger partial charge in [-0.3, -0.25) is 14.4 Å². The number of carbonyl (C=O) groups excluding carboxylic acids is 3. The Labute approximate surface area is 190 Å². The highest BCUT2D eigenvalue weighted by Gasteiger charge is 2.37. The molecule has 3 rings (SSSR count). The van der Waals surface area contributed by atoms with Gasteiger partial charge in [0, 0.05) is 29.2 Å². The number of anilines is 2. The topological polar surface area (TPSA) is 136 Å². The van der Waals surface area contributed by atoms with E-state index in [0.717, 1.165) is 4.90 Å². The predicted molar refractivity (Wildman–Crippen MR) is 121 cm³/mol. The summed E-state index contributed by atoms with van der Waals surface area (Å²) in [7, 11) is -3.92. The molecular formula is C21H23N3O6S2. The number of nitrogens with two attached hydrogens (primary N) is 1. The van der Waals surface area contributed by atoms with Crippen LogP contribution in [0.2, 0.25) is 0 Å². The fourth-order valence-electron chi connectivity index (χ4n) is 3.21. The van der Waals surface area contributed by atoms with E-state index < -0.39 is 33.9 Å². The van der Waals surface area contributed by atoms with Crippen LogP contribution in [0.4, 0.5) is 11.4 Å². The lowest BCUT2D eigenvalue weighted by molar-refractivity contribution is -0.157. The molecule has 0 aromatic heterocycles. The Hall–Kier alpha value is -2.89. The maximum Gasteiger partial charge on any atom is 0.312 e. The van der Waals surface area contributed by atoms with Crippen molar-refractivity contribution in [3.8, 4) is 0 Å². The summed E-state index contributed by atoms with van der Waals surface area (Å²) in [6.45, 7) is 1.56. The van der Waals surface area contributed by atoms with Crippen LogP contribution in [-0.2, 0) is 29.1 Å². The number of nitrogens with zero attached hydrogens (tertiary/aromatic N) is 1. The Morgan fingerprint density at radius 3 is 2.62 bits per heavy atom. The molecule has 2 aromatic rings. The summed E-state index contributed by atoms with van der Waals surface area (Å²) in [6, 6.07) is 12.9. The van der Waals surface area contributed by atoms with Crippen molar-refractivity contribution >= 4 is 50.9 Å². The van der Waals surface area contributed by atoms with E-state index in [0.29, 0.717) is 5.69 Å². The highest BCUT2D eigenvalue weighted by Crippen LogP contribution is 2.29. The van der Waals surface area contributed by atoms with Gasteiger partial charge in [0.25, 0.3) is 5.91 Å². The molecule has 1 heterocycles. The van der Waals surface area contributed by atoms with Crippen molar-refractivity contribution in [3.05, 3.63) is 48.5 Å². The van der Waals surface area contributed by atoms with Crippen LogP contribution >= 0.6 is 11.8 Å². The van der Waals surface area contributed by atoms with E-state index in [1.807, 2.05) is 24.5 Å². The number of ether oxygens (including phenoxy) is 1. The lowest BCUT2D eigenvalue weighted by Gasteiger charge is -2.18. The van der Waals surface area contributed by atoms with Gasteiger partial charge in [0.2, 0.25) is 15.9 Å². The molecule has 2 atom stereocenters. The lowest BCUT2D eigenvalue weighted by Crippen LogP contribution is -2.33. The van der Waals surface area contributed by atoms with Crippen LogP contribution in [0, 0.1) is 5.92 Å². The summed E-state index contributed by atoms with van der Waals surface area (Å²) in [5.41, 5.74) is 0.901. The van der Waals surface area contributed by atoms with Gasteiger partial charge in [-0.15, -0.1) is 11.8 Å². The molecule has 0 aliphatic carbocycles. The molecule has 1 aliphatic rings. The van der Waals surface area contributed by atoms with Gasteiger partial charge < -0.3 is 15.0 Å². The first kappa shape index (κ1) is 23.8. The van der Waals surface area contributed by atoms with Crippen molar-refractivity contribution < 1.29 is 27.5 Å². The van der Waals surface area contributed by atoms with E-state index in [9.17, 15) is 22.8 Å². The number of amides is 2. The van der Waals surface area contributed by atoms with Gasteiger partial charge in [0.05, 0.1) is 10.8 Å². The lowest BCUT2D eigenvalue weighted by atomic mass is 10.1. The Morgan fingerprint density at radius 1 is 1.22 bits per heavy atom. The quantitative estimate of drug-likeness (QED) is 0.460. The summed E-state index contributed by atoms with van der Waals surface area (Å²) in [5, 5.41) is 7.58. The minimum atomic E-state index is -3.92. The SMILES string of the molecule is CSc1cccc(N2CC(C(=O)OC(C)C(=O)Nc3cccc(S(N)(=O)=O)c3)CC2=O)c1. The van der Waals surface area contributed by atoms with E-state index in [-0.39, 0.29) is 29.5 Å². The third kappa shape index (κ3) is 5.67. The number of esters is 1. The molecular weight excluding hydrogens is 454 g/mol. The first-order valence-corrected chi connectivity index (χ1v) is 12.4. The van der Waals surface area contributed by atoms with E-state index in [2.05, 4.69) is 5.32 Å². The Balaban J connectivity index is 1.60. The number of hydrogen-bond donors (Lipinski definition) is 2. The third-order valence-corrected chi connectivity index (χ3v) is 6.55. The average molecular weight is 478 g/mol. The van der Waals surface area contributed by atoms with Gasteiger partial charge in [-0.2, -0.15) is 0 Å². The van der Waals surface area contributed by atoms with Crippen molar-refractivity contribution in [1.82, 2.24) is 0 Å². The zero-order valence-corrected chi connectivity index (χ0v) is 19.1. The van der Waals surface area contributed by atoms with Crippen LogP contribution in [-0.4, -0.2) is 45.1 Å². The van der Waals surface area contributed by atoms with Crippen LogP contribution in [0.15, 0.2) is 58.3 Å². The zero-order valence-electron chi connectivity index (χ0n) is 17.5. The summed E-state index contributed by atoms with van der Waals surface area (Å²) in [4.78, 5) is 39.8. The highest BCUT2D eigenvalue weighted by atomic mass is 32.2. The molecule has 170 valence electrons. The largest absolute Gasteiger partial charge is 0.452 e. The fraction of sp³-hybridized carbons (Fsp3) is 0.286. The molecule has 9 nitrogen and oxygen atoms in total. The molecule has 32 heavy (non-hydrogen) atoms. The Morgan fingerprint density at radius 2 is 1.94 bits per heavy atom. The zero-order chi connectivity index (χ0) is 23.5. The van der Waals surface area contributed by atoms with E-state index in [4.69, 9.17) is 9.88 Å². The van der Waals surface area contributed by atoms with Gasteiger partial charge in [0.1, 0.15) is 0 Å². The number of carbonyl (C=O) groups is 3. The van der Waals surface area contributed by atoms with Gasteiger partial charge >= 0.3 is 5.97 Å². The first-order chi connectivity index (χ1) is 15.1. The molecule has 3 N–H and O–H groups in total. The second-order valence-electron chi connectivity index (χ2n) is 7.25. The highest BCUT2D eigenvalue weighted by molar-refractivity contribution is 7.98. The molecule has 0 radical (unpaired) electrons. The van der Waals surface area contributed by atoms with Crippen LogP contribution in [0.1, 0.15) is 13.3 Å². The molecule has 1 saturated heterocycles. The summed E-state index contributed by atoms with van der Waals surface area (Å²) in [5.74, 6) is -2.18. The Bertz CT molecular complexity index is 1150. The molecule has 1 aliphatic heterocycles. The summed E-state index contributed by atoms with van der Waals surface area (Å²) in [6.07, 6.45) is 0.778. The fourth-order valence-corrected chi connectivity index (χ4v) is 4.22. The first-order valence-electron chi connectivity index (χ1n) is 9.67. The van der Waals surface area contributed by atoms with Crippen molar-refractivity contribution in [2.75, 3.05) is 23.0 Å². The minimum Gasteiger partial charge on any atom is -0.452 e. The molecule has 0 spiro atoms. The molecule has 0 saturated carbocycles. The van der Waals surface area contributed by atoms with Gasteiger partial charge in [-0.1, -0.05) is 12.1 Å². The maximum absolute atomic E-state index is 12.6. The monoisotopic (exact) mass is 477 g/mol. The second-order valence-corrected chi connectivity index (χ2v) is 9.69. The number of thioether (sulfide) groups is 1. The van der Waals surface area contributed by atoms with E-state index >= 15 is 0 Å². The number of rotatable bonds is 7. The smallest absolute Gasteiger partial charge is 0.312 e. The van der Waals surface area contributed by atoms with Crippen molar-refractivity contribution in [3.63, 3.8) is 0 Å². The number of hydrogen-bond acceptors (Lipinski definition) is 7. The van der Waals surface area contributed by atoms with Gasteiger partial charge in [-0.25, -0.2) is 13.6 Å². The average Bonchev–Trinajstić information content (AvgIpc) is 3.15. The Kier molecular flexibility index (Phi) is 7.22. The van der Waals surface area contributed by atoms with Crippen LogP contribution in [0.5, 0.6) is 0 Å². The summed E-state index contributed by atoms with van der Waals surface area (Å²) >= 11 is 1.55. The van der Waals surface area contributed by atoms with E-state index in [1.54, 1.807) is 17.8 Å². The van der Waals surface area contributed by atoms with Crippen LogP contribution in [0.3, 0.4) is 0 Å². The number of nitrogens with one attached hydrogen (secondary N) is 1. The molecule has 2 amide bonds. The van der Waals surface area contributed by atoms with Gasteiger partial charge in [-0.05, 0) is 49.6 Å². The van der Waals surface area contributed by atoms with Crippen molar-refractivity contribution in [1.29, 1.82) is 0 Å². The van der Waals surface area contributed by atoms with Crippen LogP contribution in [0.25, 0.3) is 0 Å². The van der Waals surface area contributed by atoms with Crippen molar-refractivity contribution in [2.45, 2.75) is 29.2 Å². The van der Waals surface area contributed by atoms with Gasteiger partial charge in [0.15, 0.2) is 6.10 Å². The molecule has 11 heteroatoms. The van der Waals surface area contributed by atoms with E-state index in [1.165, 1.54) is 36.1 Å². The maximum atomic E-state index is 12.6. The molecule has 0 bridgehead atoms. The standard InChI is InChI=1S/C21H23N3O6S2/c1-13(20(26)23-15-5-3-8-18(10-15)32(22,28)29)30-21(27)14-9-19(25)24(12-14)16-6-4-7-17(11-16)31-2/h3-8,10-11,13-14H,9,12H2,1-2H3,(H,23,26)(H2,22,28,29).